The monoisotopic (exact) mass is 119 g/mol. The van der Waals surface area contributed by atoms with Crippen molar-refractivity contribution in [2.24, 2.45) is 0 Å². The maximum atomic E-state index is 9.86. The summed E-state index contributed by atoms with van der Waals surface area (Å²) in [6, 6.07) is 0. The van der Waals surface area contributed by atoms with Crippen LogP contribution in [0.3, 0.4) is 0 Å². The zero-order valence-electron chi connectivity index (χ0n) is 4.16. The minimum Gasteiger partial charge on any atom is -0.160 e. The molecule has 0 aromatic rings. The van der Waals surface area contributed by atoms with Crippen molar-refractivity contribution in [3.8, 4) is 0 Å². The molecule has 0 heterocycles. The largest absolute Gasteiger partial charge is 0.509 e. The van der Waals surface area contributed by atoms with E-state index in [9.17, 15) is 4.57 Å². The van der Waals surface area contributed by atoms with Gasteiger partial charge in [-0.25, -0.2) is 0 Å². The Morgan fingerprint density at radius 2 is 2.43 bits per heavy atom. The standard InChI is InChI=1S/C4H7O2P/c1-2-3-4-7(5)6/h2-3H,4H2,1H3/p+1. The van der Waals surface area contributed by atoms with Crippen molar-refractivity contribution in [1.29, 1.82) is 0 Å². The average molecular weight is 119 g/mol. The Morgan fingerprint density at radius 3 is 2.57 bits per heavy atom. The van der Waals surface area contributed by atoms with Gasteiger partial charge in [0, 0.05) is 0 Å². The summed E-state index contributed by atoms with van der Waals surface area (Å²) < 4.78 is 9.86. The van der Waals surface area contributed by atoms with Crippen LogP contribution >= 0.6 is 8.03 Å². The first-order valence-corrected chi connectivity index (χ1v) is 3.42. The van der Waals surface area contributed by atoms with Crippen LogP contribution in [-0.2, 0) is 4.57 Å². The highest BCUT2D eigenvalue weighted by Gasteiger charge is 2.02. The Bertz CT molecular complexity index is 87.7. The van der Waals surface area contributed by atoms with Crippen LogP contribution in [0.5, 0.6) is 0 Å². The van der Waals surface area contributed by atoms with Crippen LogP contribution in [0, 0.1) is 0 Å². The molecule has 3 heteroatoms. The summed E-state index contributed by atoms with van der Waals surface area (Å²) in [7, 11) is -1.94. The maximum Gasteiger partial charge on any atom is 0.509 e. The fraction of sp³-hybridized carbons (Fsp3) is 0.500. The molecule has 40 valence electrons. The molecule has 0 fully saturated rings. The highest BCUT2D eigenvalue weighted by molar-refractivity contribution is 7.38. The summed E-state index contributed by atoms with van der Waals surface area (Å²) in [5, 5.41) is 0. The van der Waals surface area contributed by atoms with E-state index in [1.807, 2.05) is 6.92 Å². The summed E-state index contributed by atoms with van der Waals surface area (Å²) in [5.74, 6) is 0. The van der Waals surface area contributed by atoms with Gasteiger partial charge in [-0.1, -0.05) is 6.08 Å². The molecule has 7 heavy (non-hydrogen) atoms. The van der Waals surface area contributed by atoms with E-state index in [4.69, 9.17) is 4.89 Å². The molecule has 2 nitrogen and oxygen atoms in total. The van der Waals surface area contributed by atoms with Crippen LogP contribution in [0.1, 0.15) is 6.92 Å². The summed E-state index contributed by atoms with van der Waals surface area (Å²) >= 11 is 0. The van der Waals surface area contributed by atoms with Gasteiger partial charge in [-0.15, -0.1) is 0 Å². The molecule has 0 aliphatic rings. The molecule has 1 N–H and O–H groups in total. The zero-order valence-corrected chi connectivity index (χ0v) is 5.06. The molecule has 0 aromatic carbocycles. The fourth-order valence-corrected chi connectivity index (χ4v) is 0.587. The van der Waals surface area contributed by atoms with Crippen LogP contribution in [0.25, 0.3) is 0 Å². The van der Waals surface area contributed by atoms with Gasteiger partial charge in [0.25, 0.3) is 0 Å². The van der Waals surface area contributed by atoms with Gasteiger partial charge in [0.1, 0.15) is 0 Å². The van der Waals surface area contributed by atoms with Crippen molar-refractivity contribution in [3.63, 3.8) is 0 Å². The number of hydrogen-bond acceptors (Lipinski definition) is 1. The molecule has 0 bridgehead atoms. The molecule has 0 radical (unpaired) electrons. The van der Waals surface area contributed by atoms with Gasteiger partial charge < -0.3 is 0 Å². The number of hydrogen-bond donors (Lipinski definition) is 1. The smallest absolute Gasteiger partial charge is 0.160 e. The summed E-state index contributed by atoms with van der Waals surface area (Å²) in [4.78, 5) is 8.14. The Morgan fingerprint density at radius 1 is 1.86 bits per heavy atom. The number of allylic oxidation sites excluding steroid dienone is 2. The van der Waals surface area contributed by atoms with E-state index >= 15 is 0 Å². The van der Waals surface area contributed by atoms with E-state index in [-0.39, 0.29) is 6.16 Å². The van der Waals surface area contributed by atoms with Crippen molar-refractivity contribution in [3.05, 3.63) is 12.2 Å². The first-order chi connectivity index (χ1) is 3.27. The molecule has 1 atom stereocenters. The SMILES string of the molecule is CC=CC[P+](=O)O. The minimum absolute atomic E-state index is 0.284. The van der Waals surface area contributed by atoms with E-state index < -0.39 is 8.03 Å². The molecule has 0 aliphatic carbocycles. The van der Waals surface area contributed by atoms with Crippen LogP contribution < -0.4 is 0 Å². The number of rotatable bonds is 2. The molecule has 0 amide bonds. The van der Waals surface area contributed by atoms with Gasteiger partial charge in [-0.3, -0.25) is 0 Å². The average Bonchev–Trinajstić information content (AvgIpc) is 1.61. The van der Waals surface area contributed by atoms with Crippen LogP contribution in [0.15, 0.2) is 12.2 Å². The second kappa shape index (κ2) is 3.97. The molecule has 0 saturated heterocycles. The predicted octanol–water partition coefficient (Wildman–Crippen LogP) is 1.30. The quantitative estimate of drug-likeness (QED) is 0.439. The van der Waals surface area contributed by atoms with Gasteiger partial charge in [-0.05, 0) is 17.6 Å². The molecular formula is C4H8O2P+. The third-order valence-corrected chi connectivity index (χ3v) is 1.02. The van der Waals surface area contributed by atoms with E-state index in [2.05, 4.69) is 0 Å². The van der Waals surface area contributed by atoms with E-state index in [0.717, 1.165) is 0 Å². The molecule has 0 aromatic heterocycles. The molecular weight excluding hydrogens is 111 g/mol. The van der Waals surface area contributed by atoms with E-state index in [1.54, 1.807) is 12.2 Å². The molecule has 0 spiro atoms. The van der Waals surface area contributed by atoms with Crippen molar-refractivity contribution in [1.82, 2.24) is 0 Å². The van der Waals surface area contributed by atoms with E-state index in [0.29, 0.717) is 0 Å². The fourth-order valence-electron chi connectivity index (χ4n) is 0.196. The second-order valence-electron chi connectivity index (χ2n) is 1.10. The van der Waals surface area contributed by atoms with Gasteiger partial charge in [0.05, 0.1) is 0 Å². The Hall–Kier alpha value is -0.200. The predicted molar refractivity (Wildman–Crippen MR) is 29.5 cm³/mol. The van der Waals surface area contributed by atoms with Crippen molar-refractivity contribution >= 4 is 8.03 Å². The van der Waals surface area contributed by atoms with Crippen molar-refractivity contribution in [2.45, 2.75) is 6.92 Å². The minimum atomic E-state index is -1.94. The Balaban J connectivity index is 3.14. The van der Waals surface area contributed by atoms with Crippen LogP contribution in [-0.4, -0.2) is 11.1 Å². The third-order valence-electron chi connectivity index (χ3n) is 0.497. The van der Waals surface area contributed by atoms with Crippen molar-refractivity contribution in [2.75, 3.05) is 6.16 Å². The molecule has 1 unspecified atom stereocenters. The van der Waals surface area contributed by atoms with Gasteiger partial charge in [0.15, 0.2) is 6.16 Å². The lowest BCUT2D eigenvalue weighted by atomic mass is 10.6. The summed E-state index contributed by atoms with van der Waals surface area (Å²) in [5.41, 5.74) is 0. The molecule has 0 rings (SSSR count). The second-order valence-corrected chi connectivity index (χ2v) is 2.17. The van der Waals surface area contributed by atoms with Gasteiger partial charge in [-0.2, -0.15) is 4.89 Å². The topological polar surface area (TPSA) is 37.3 Å². The lowest BCUT2D eigenvalue weighted by Gasteiger charge is -1.63. The third kappa shape index (κ3) is 5.80. The highest BCUT2D eigenvalue weighted by atomic mass is 31.1. The first-order valence-electron chi connectivity index (χ1n) is 2.02. The van der Waals surface area contributed by atoms with Crippen molar-refractivity contribution < 1.29 is 9.46 Å². The lowest BCUT2D eigenvalue weighted by Crippen LogP contribution is -1.63. The molecule has 0 saturated carbocycles. The van der Waals surface area contributed by atoms with Crippen LogP contribution in [0.4, 0.5) is 0 Å². The molecule has 0 aliphatic heterocycles. The van der Waals surface area contributed by atoms with E-state index in [1.165, 1.54) is 0 Å². The maximum absolute atomic E-state index is 9.86. The Labute approximate surface area is 43.7 Å². The summed E-state index contributed by atoms with van der Waals surface area (Å²) in [6.45, 7) is 1.82. The first kappa shape index (κ1) is 6.80. The normalized spacial score (nSPS) is 12.6. The Kier molecular flexibility index (Phi) is 3.86. The lowest BCUT2D eigenvalue weighted by molar-refractivity contribution is 0.506. The summed E-state index contributed by atoms with van der Waals surface area (Å²) in [6.07, 6.45) is 3.70. The van der Waals surface area contributed by atoms with Crippen LogP contribution in [0.2, 0.25) is 0 Å². The van der Waals surface area contributed by atoms with Gasteiger partial charge >= 0.3 is 8.03 Å². The van der Waals surface area contributed by atoms with Gasteiger partial charge in [0.2, 0.25) is 0 Å². The zero-order chi connectivity index (χ0) is 5.70. The highest BCUT2D eigenvalue weighted by Crippen LogP contribution is 2.10.